The molecule has 0 bridgehead atoms. The molecule has 4 aromatic rings. The van der Waals surface area contributed by atoms with Gasteiger partial charge in [-0.05, 0) is 55.4 Å². The van der Waals surface area contributed by atoms with Crippen LogP contribution in [0.5, 0.6) is 0 Å². The second kappa shape index (κ2) is 11.5. The lowest BCUT2D eigenvalue weighted by Gasteiger charge is -1.74. The third-order valence-corrected chi connectivity index (χ3v) is 3.32. The molecular weight excluding hydrogens is 352 g/mol. The molecule has 8 nitrogen and oxygen atoms in total. The molecule has 4 heterocycles. The van der Waals surface area contributed by atoms with E-state index >= 15 is 0 Å². The Morgan fingerprint density at radius 1 is 0.393 bits per heavy atom. The molecule has 4 rings (SSSR count). The summed E-state index contributed by atoms with van der Waals surface area (Å²) in [5.74, 6) is 3.94. The molecule has 0 aromatic carbocycles. The Hall–Kier alpha value is -3.16. The van der Waals surface area contributed by atoms with Gasteiger partial charge in [0, 0.05) is 47.6 Å². The van der Waals surface area contributed by atoms with Crippen LogP contribution in [0.4, 0.5) is 0 Å². The van der Waals surface area contributed by atoms with Crippen LogP contribution in [0.1, 0.15) is 46.1 Å². The fraction of sp³-hybridized carbons (Fsp3) is 0.400. The predicted octanol–water partition coefficient (Wildman–Crippen LogP) is 4.11. The summed E-state index contributed by atoms with van der Waals surface area (Å²) in [6.45, 7) is 15.7. The van der Waals surface area contributed by atoms with Gasteiger partial charge in [-0.2, -0.15) is 0 Å². The van der Waals surface area contributed by atoms with Crippen molar-refractivity contribution in [1.29, 1.82) is 0 Å². The molecule has 0 spiro atoms. The Kier molecular flexibility index (Phi) is 9.42. The van der Waals surface area contributed by atoms with Gasteiger partial charge in [-0.25, -0.2) is 19.9 Å². The number of hydrogen-bond acceptors (Lipinski definition) is 4. The van der Waals surface area contributed by atoms with Gasteiger partial charge in [-0.1, -0.05) is 0 Å². The maximum absolute atomic E-state index is 3.96. The molecular formula is C20H32N8. The molecule has 4 N–H and O–H groups in total. The number of imidazole rings is 4. The summed E-state index contributed by atoms with van der Waals surface area (Å²) in [6.07, 6.45) is 7.26. The van der Waals surface area contributed by atoms with Crippen LogP contribution >= 0.6 is 0 Å². The van der Waals surface area contributed by atoms with Crippen LogP contribution in [-0.2, 0) is 0 Å². The molecule has 0 aliphatic rings. The average molecular weight is 385 g/mol. The first kappa shape index (κ1) is 22.9. The van der Waals surface area contributed by atoms with Crippen LogP contribution < -0.4 is 0 Å². The predicted molar refractivity (Wildman–Crippen MR) is 112 cm³/mol. The molecule has 4 aromatic heterocycles. The van der Waals surface area contributed by atoms with Crippen LogP contribution in [0.3, 0.4) is 0 Å². The van der Waals surface area contributed by atoms with E-state index in [0.717, 1.165) is 46.1 Å². The van der Waals surface area contributed by atoms with E-state index in [0.29, 0.717) is 0 Å². The summed E-state index contributed by atoms with van der Waals surface area (Å²) in [7, 11) is 0. The Morgan fingerprint density at radius 2 is 0.571 bits per heavy atom. The van der Waals surface area contributed by atoms with Gasteiger partial charge in [-0.3, -0.25) is 0 Å². The molecule has 0 atom stereocenters. The molecule has 0 saturated carbocycles. The molecule has 0 aliphatic heterocycles. The van der Waals surface area contributed by atoms with Gasteiger partial charge in [0.05, 0.1) is 0 Å². The summed E-state index contributed by atoms with van der Waals surface area (Å²) in [6, 6.07) is 0. The third-order valence-electron chi connectivity index (χ3n) is 3.32. The van der Waals surface area contributed by atoms with Crippen LogP contribution in [0.2, 0.25) is 0 Å². The first-order valence-electron chi connectivity index (χ1n) is 9.08. The third kappa shape index (κ3) is 10.1. The number of rotatable bonds is 0. The van der Waals surface area contributed by atoms with E-state index in [-0.39, 0.29) is 0 Å². The lowest BCUT2D eigenvalue weighted by Crippen LogP contribution is -1.70. The summed E-state index contributed by atoms with van der Waals surface area (Å²) >= 11 is 0. The van der Waals surface area contributed by atoms with E-state index in [1.54, 1.807) is 0 Å². The largest absolute Gasteiger partial charge is 0.346 e. The first-order valence-corrected chi connectivity index (χ1v) is 9.08. The van der Waals surface area contributed by atoms with Gasteiger partial charge < -0.3 is 19.9 Å². The standard InChI is InChI=1S/4C5H8N2/c4*1-4-3-6-5(2)7-4/h4*3H,1-2H3,(H,6,7). The minimum Gasteiger partial charge on any atom is -0.346 e. The average Bonchev–Trinajstić information content (AvgIpc) is 3.37. The van der Waals surface area contributed by atoms with Gasteiger partial charge in [0.15, 0.2) is 0 Å². The molecule has 0 unspecified atom stereocenters. The van der Waals surface area contributed by atoms with Crippen molar-refractivity contribution in [2.75, 3.05) is 0 Å². The van der Waals surface area contributed by atoms with Crippen molar-refractivity contribution in [2.24, 2.45) is 0 Å². The zero-order valence-electron chi connectivity index (χ0n) is 18.1. The normalized spacial score (nSPS) is 9.43. The molecule has 0 radical (unpaired) electrons. The van der Waals surface area contributed by atoms with Gasteiger partial charge in [0.2, 0.25) is 0 Å². The quantitative estimate of drug-likeness (QED) is 0.365. The van der Waals surface area contributed by atoms with E-state index in [2.05, 4.69) is 39.9 Å². The van der Waals surface area contributed by atoms with E-state index < -0.39 is 0 Å². The highest BCUT2D eigenvalue weighted by molar-refractivity contribution is 4.97. The number of aryl methyl sites for hydroxylation is 8. The van der Waals surface area contributed by atoms with Crippen molar-refractivity contribution < 1.29 is 0 Å². The Labute approximate surface area is 166 Å². The Morgan fingerprint density at radius 3 is 0.607 bits per heavy atom. The van der Waals surface area contributed by atoms with Crippen molar-refractivity contribution >= 4 is 0 Å². The fourth-order valence-electron chi connectivity index (χ4n) is 2.17. The van der Waals surface area contributed by atoms with Gasteiger partial charge in [0.25, 0.3) is 0 Å². The fourth-order valence-corrected chi connectivity index (χ4v) is 2.17. The number of nitrogens with one attached hydrogen (secondary N) is 4. The zero-order chi connectivity index (χ0) is 21.1. The SMILES string of the molecule is Cc1cnc(C)[nH]1.Cc1cnc(C)[nH]1.Cc1cnc(C)[nH]1.Cc1cnc(C)[nH]1. The molecule has 8 heteroatoms. The van der Waals surface area contributed by atoms with E-state index in [1.807, 2.05) is 80.2 Å². The maximum atomic E-state index is 3.96. The number of hydrogen-bond donors (Lipinski definition) is 4. The van der Waals surface area contributed by atoms with E-state index in [1.165, 1.54) is 0 Å². The monoisotopic (exact) mass is 384 g/mol. The van der Waals surface area contributed by atoms with Crippen LogP contribution in [0.25, 0.3) is 0 Å². The lowest BCUT2D eigenvalue weighted by molar-refractivity contribution is 1.13. The maximum Gasteiger partial charge on any atom is 0.103 e. The van der Waals surface area contributed by atoms with E-state index in [9.17, 15) is 0 Å². The highest BCUT2D eigenvalue weighted by atomic mass is 14.9. The second-order valence-electron chi connectivity index (χ2n) is 6.61. The minimum atomic E-state index is 0.984. The Balaban J connectivity index is 0.000000187. The lowest BCUT2D eigenvalue weighted by atomic mass is 10.6. The van der Waals surface area contributed by atoms with Crippen molar-refractivity contribution in [3.63, 3.8) is 0 Å². The summed E-state index contributed by atoms with van der Waals surface area (Å²) < 4.78 is 0. The van der Waals surface area contributed by atoms with Gasteiger partial charge in [0.1, 0.15) is 23.3 Å². The molecule has 0 saturated heterocycles. The smallest absolute Gasteiger partial charge is 0.103 e. The molecule has 152 valence electrons. The van der Waals surface area contributed by atoms with Crippen molar-refractivity contribution in [1.82, 2.24) is 39.9 Å². The van der Waals surface area contributed by atoms with E-state index in [4.69, 9.17) is 0 Å². The molecule has 0 fully saturated rings. The first-order chi connectivity index (χ1) is 13.2. The summed E-state index contributed by atoms with van der Waals surface area (Å²) in [5.41, 5.74) is 4.49. The van der Waals surface area contributed by atoms with Crippen molar-refractivity contribution in [3.05, 3.63) is 70.9 Å². The Bertz CT molecular complexity index is 706. The number of nitrogens with zero attached hydrogens (tertiary/aromatic N) is 4. The highest BCUT2D eigenvalue weighted by Crippen LogP contribution is 1.91. The molecule has 0 amide bonds. The van der Waals surface area contributed by atoms with Crippen molar-refractivity contribution in [3.8, 4) is 0 Å². The van der Waals surface area contributed by atoms with Gasteiger partial charge >= 0.3 is 0 Å². The summed E-state index contributed by atoms with van der Waals surface area (Å²) in [5, 5.41) is 0. The molecule has 0 aliphatic carbocycles. The van der Waals surface area contributed by atoms with Crippen LogP contribution in [0, 0.1) is 55.4 Å². The molecule has 28 heavy (non-hydrogen) atoms. The van der Waals surface area contributed by atoms with Crippen LogP contribution in [-0.4, -0.2) is 39.9 Å². The highest BCUT2D eigenvalue weighted by Gasteiger charge is 1.85. The van der Waals surface area contributed by atoms with Gasteiger partial charge in [-0.15, -0.1) is 0 Å². The minimum absolute atomic E-state index is 0.984. The summed E-state index contributed by atoms with van der Waals surface area (Å²) in [4.78, 5) is 28.0. The number of H-pyrrole nitrogens is 4. The number of aromatic nitrogens is 8. The number of aromatic amines is 4. The van der Waals surface area contributed by atoms with Crippen molar-refractivity contribution in [2.45, 2.75) is 55.4 Å². The second-order valence-corrected chi connectivity index (χ2v) is 6.61. The van der Waals surface area contributed by atoms with Crippen LogP contribution in [0.15, 0.2) is 24.8 Å². The topological polar surface area (TPSA) is 115 Å². The zero-order valence-corrected chi connectivity index (χ0v) is 18.1.